The second-order valence-corrected chi connectivity index (χ2v) is 13.3. The molecule has 5 nitrogen and oxygen atoms in total. The molecule has 212 valence electrons. The third kappa shape index (κ3) is 4.77. The van der Waals surface area contributed by atoms with Gasteiger partial charge in [0.2, 0.25) is 0 Å². The minimum atomic E-state index is -0.270. The zero-order chi connectivity index (χ0) is 27.9. The number of carbonyl (C=O) groups excluding carboxylic acids is 1. The Kier molecular flexibility index (Phi) is 7.75. The number of benzene rings is 1. The van der Waals surface area contributed by atoms with Crippen LogP contribution < -0.4 is 4.90 Å². The molecule has 7 atom stereocenters. The Morgan fingerprint density at radius 1 is 1.10 bits per heavy atom. The van der Waals surface area contributed by atoms with Gasteiger partial charge in [-0.15, -0.1) is 5.92 Å². The number of fused-ring (bicyclic) bond motifs is 4. The van der Waals surface area contributed by atoms with Crippen molar-refractivity contribution in [3.63, 3.8) is 0 Å². The van der Waals surface area contributed by atoms with Crippen molar-refractivity contribution in [3.05, 3.63) is 57.5 Å². The van der Waals surface area contributed by atoms with E-state index < -0.39 is 0 Å². The van der Waals surface area contributed by atoms with E-state index in [0.29, 0.717) is 24.0 Å². The molecule has 0 bridgehead atoms. The van der Waals surface area contributed by atoms with Crippen molar-refractivity contribution in [1.29, 1.82) is 0 Å². The van der Waals surface area contributed by atoms with Crippen LogP contribution in [0.5, 0.6) is 0 Å². The van der Waals surface area contributed by atoms with Gasteiger partial charge in [-0.3, -0.25) is 4.79 Å². The van der Waals surface area contributed by atoms with Crippen LogP contribution >= 0.6 is 0 Å². The summed E-state index contributed by atoms with van der Waals surface area (Å²) in [5.41, 5.74) is 7.00. The lowest BCUT2D eigenvalue weighted by Crippen LogP contribution is -2.45. The number of Topliss-reactive ketones (excluding diaryl/α,β-unsaturated/α-hetero) is 1. The van der Waals surface area contributed by atoms with E-state index in [4.69, 9.17) is 0 Å². The Morgan fingerprint density at radius 3 is 2.58 bits per heavy atom. The van der Waals surface area contributed by atoms with E-state index in [-0.39, 0.29) is 35.8 Å². The highest BCUT2D eigenvalue weighted by molar-refractivity contribution is 5.79. The number of allylic oxidation sites excluding steroid dienone is 3. The summed E-state index contributed by atoms with van der Waals surface area (Å²) >= 11 is 0. The van der Waals surface area contributed by atoms with Crippen LogP contribution in [-0.2, 0) is 4.79 Å². The van der Waals surface area contributed by atoms with Crippen LogP contribution in [0.4, 0.5) is 5.69 Å². The predicted octanol–water partition coefficient (Wildman–Crippen LogP) is 6.96. The highest BCUT2D eigenvalue weighted by atomic mass is 16.3. The number of nitrogens with zero attached hydrogens (tertiary/aromatic N) is 2. The van der Waals surface area contributed by atoms with Gasteiger partial charge in [-0.25, -0.2) is 0 Å². The summed E-state index contributed by atoms with van der Waals surface area (Å²) in [5, 5.41) is 12.7. The summed E-state index contributed by atoms with van der Waals surface area (Å²) in [6, 6.07) is 9.11. The lowest BCUT2D eigenvalue weighted by Gasteiger charge is -2.54. The van der Waals surface area contributed by atoms with Gasteiger partial charge in [0.25, 0.3) is 0 Å². The maximum Gasteiger partial charge on any atom is 0.133 e. The van der Waals surface area contributed by atoms with Crippen molar-refractivity contribution >= 4 is 11.5 Å². The van der Waals surface area contributed by atoms with Crippen molar-refractivity contribution in [2.45, 2.75) is 90.0 Å². The average molecular weight is 541 g/mol. The topological polar surface area (TPSA) is 70.0 Å². The third-order valence-electron chi connectivity index (χ3n) is 11.2. The largest absolute Gasteiger partial charge is 0.384 e. The Labute approximate surface area is 239 Å². The van der Waals surface area contributed by atoms with Crippen LogP contribution in [0.25, 0.3) is 0 Å². The minimum absolute atomic E-state index is 0.0130. The first-order valence-electron chi connectivity index (χ1n) is 15.6. The zero-order valence-corrected chi connectivity index (χ0v) is 24.2. The molecule has 0 radical (unpaired) electrons. The molecule has 2 unspecified atom stereocenters. The molecule has 2 saturated carbocycles. The molecule has 5 aliphatic rings. The molecule has 1 aromatic carbocycles. The first-order chi connectivity index (χ1) is 19.4. The van der Waals surface area contributed by atoms with E-state index in [1.54, 1.807) is 12.5 Å². The van der Waals surface area contributed by atoms with E-state index in [9.17, 15) is 14.8 Å². The molecular weight excluding hydrogens is 496 g/mol. The van der Waals surface area contributed by atoms with E-state index in [1.807, 2.05) is 0 Å². The lowest BCUT2D eigenvalue weighted by atomic mass is 9.50. The second-order valence-electron chi connectivity index (χ2n) is 13.3. The number of rotatable bonds is 5. The summed E-state index contributed by atoms with van der Waals surface area (Å²) in [5.74, 6) is 7.98. The number of nitroso groups, excluding NO2 is 1. The number of carbonyl (C=O) groups is 1. The van der Waals surface area contributed by atoms with Crippen LogP contribution in [0.3, 0.4) is 0 Å². The SMILES string of the molecule is CC(=O)[C@H]1CC[C@H]2[C@@H]3CC(CC#CCO)C4=CC(N=O)CCC4=C3[C@@H](c3ccc(N4CCCCC4)cc3)C[C@]12C. The Balaban J connectivity index is 1.45. The van der Waals surface area contributed by atoms with Crippen molar-refractivity contribution in [3.8, 4) is 11.8 Å². The first-order valence-corrected chi connectivity index (χ1v) is 15.6. The molecule has 0 spiro atoms. The van der Waals surface area contributed by atoms with Gasteiger partial charge in [0.1, 0.15) is 18.4 Å². The highest BCUT2D eigenvalue weighted by Gasteiger charge is 2.58. The summed E-state index contributed by atoms with van der Waals surface area (Å²) in [6.07, 6.45) is 12.5. The summed E-state index contributed by atoms with van der Waals surface area (Å²) < 4.78 is 0. The van der Waals surface area contributed by atoms with E-state index in [0.717, 1.165) is 51.6 Å². The smallest absolute Gasteiger partial charge is 0.133 e. The molecule has 0 amide bonds. The van der Waals surface area contributed by atoms with E-state index in [2.05, 4.69) is 59.2 Å². The molecule has 4 aliphatic carbocycles. The van der Waals surface area contributed by atoms with Crippen LogP contribution in [-0.4, -0.2) is 36.6 Å². The number of aliphatic hydroxyl groups excluding tert-OH is 1. The quantitative estimate of drug-likeness (QED) is 0.324. The molecule has 1 saturated heterocycles. The fourth-order valence-electron chi connectivity index (χ4n) is 9.49. The van der Waals surface area contributed by atoms with Crippen LogP contribution in [0, 0.1) is 45.8 Å². The van der Waals surface area contributed by atoms with Crippen LogP contribution in [0.2, 0.25) is 0 Å². The normalized spacial score (nSPS) is 35.1. The number of hydrogen-bond acceptors (Lipinski definition) is 5. The molecule has 1 heterocycles. The summed E-state index contributed by atoms with van der Waals surface area (Å²) in [6.45, 7) is 6.36. The molecule has 3 fully saturated rings. The molecule has 1 aliphatic heterocycles. The van der Waals surface area contributed by atoms with Gasteiger partial charge >= 0.3 is 0 Å². The fraction of sp³-hybridized carbons (Fsp3) is 0.629. The van der Waals surface area contributed by atoms with Crippen molar-refractivity contribution < 1.29 is 9.90 Å². The summed E-state index contributed by atoms with van der Waals surface area (Å²) in [4.78, 5) is 27.1. The van der Waals surface area contributed by atoms with Crippen molar-refractivity contribution in [1.82, 2.24) is 0 Å². The zero-order valence-electron chi connectivity index (χ0n) is 24.2. The highest BCUT2D eigenvalue weighted by Crippen LogP contribution is 2.66. The Bertz CT molecular complexity index is 1260. The first kappa shape index (κ1) is 27.5. The number of ketones is 1. The number of hydrogen-bond donors (Lipinski definition) is 1. The standard InChI is InChI=1S/C35H44N2O3/c1-23(39)32-15-16-33-30-20-25(8-4-7-19-38)29-21-26(36-40)11-14-28(29)34(30)31(22-35(32,33)2)24-9-12-27(13-10-24)37-17-5-3-6-18-37/h9-10,12-13,21,25-26,30-33,38H,3,5-6,8,11,14-20,22H2,1-2H3/t25?,26?,30-,31+,32+,33-,35+/m0/s1. The van der Waals surface area contributed by atoms with Crippen molar-refractivity contribution in [2.24, 2.45) is 34.3 Å². The maximum absolute atomic E-state index is 13.0. The van der Waals surface area contributed by atoms with E-state index >= 15 is 0 Å². The molecule has 1 N–H and O–H groups in total. The van der Waals surface area contributed by atoms with Crippen molar-refractivity contribution in [2.75, 3.05) is 24.6 Å². The Morgan fingerprint density at radius 2 is 1.88 bits per heavy atom. The third-order valence-corrected chi connectivity index (χ3v) is 11.2. The van der Waals surface area contributed by atoms with E-state index in [1.165, 1.54) is 41.7 Å². The fourth-order valence-corrected chi connectivity index (χ4v) is 9.49. The molecule has 1 aromatic rings. The molecule has 6 rings (SSSR count). The van der Waals surface area contributed by atoms with Gasteiger partial charge in [-0.05, 0) is 117 Å². The monoisotopic (exact) mass is 540 g/mol. The average Bonchev–Trinajstić information content (AvgIpc) is 3.34. The van der Waals surface area contributed by atoms with Gasteiger partial charge in [-0.1, -0.05) is 41.8 Å². The van der Waals surface area contributed by atoms with Gasteiger partial charge in [0.15, 0.2) is 0 Å². The van der Waals surface area contributed by atoms with Gasteiger partial charge in [-0.2, -0.15) is 4.91 Å². The Hall–Kier alpha value is -2.71. The molecule has 5 heteroatoms. The number of anilines is 1. The molecular formula is C35H44N2O3. The van der Waals surface area contributed by atoms with Gasteiger partial charge < -0.3 is 10.0 Å². The number of piperidine rings is 1. The maximum atomic E-state index is 13.0. The van der Waals surface area contributed by atoms with Crippen LogP contribution in [0.15, 0.2) is 52.2 Å². The van der Waals surface area contributed by atoms with Crippen LogP contribution in [0.1, 0.15) is 89.5 Å². The summed E-state index contributed by atoms with van der Waals surface area (Å²) in [7, 11) is 0. The molecule has 0 aromatic heterocycles. The lowest BCUT2D eigenvalue weighted by molar-refractivity contribution is -0.125. The predicted molar refractivity (Wildman–Crippen MR) is 160 cm³/mol. The van der Waals surface area contributed by atoms with Gasteiger partial charge in [0.05, 0.1) is 0 Å². The van der Waals surface area contributed by atoms with Gasteiger partial charge in [0, 0.05) is 37.0 Å². The molecule has 40 heavy (non-hydrogen) atoms. The second kappa shape index (κ2) is 11.3. The number of aliphatic hydroxyl groups is 1. The minimum Gasteiger partial charge on any atom is -0.384 e.